The highest BCUT2D eigenvalue weighted by Gasteiger charge is 2.27. The van der Waals surface area contributed by atoms with Gasteiger partial charge in [-0.3, -0.25) is 14.6 Å². The third-order valence-electron chi connectivity index (χ3n) is 7.19. The summed E-state index contributed by atoms with van der Waals surface area (Å²) in [5, 5.41) is 9.31. The number of allylic oxidation sites excluding steroid dienone is 1. The minimum Gasteiger partial charge on any atom is -0.495 e. The lowest BCUT2D eigenvalue weighted by atomic mass is 9.99. The van der Waals surface area contributed by atoms with Crippen LogP contribution in [-0.2, 0) is 4.79 Å². The lowest BCUT2D eigenvalue weighted by Crippen LogP contribution is -2.49. The van der Waals surface area contributed by atoms with Gasteiger partial charge in [-0.2, -0.15) is 0 Å². The molecule has 0 spiro atoms. The number of halogens is 2. The van der Waals surface area contributed by atoms with E-state index in [0.29, 0.717) is 18.2 Å². The first-order valence-electron chi connectivity index (χ1n) is 13.7. The van der Waals surface area contributed by atoms with Crippen LogP contribution < -0.4 is 36.1 Å². The summed E-state index contributed by atoms with van der Waals surface area (Å²) in [6.45, 7) is 6.64. The van der Waals surface area contributed by atoms with Crippen LogP contribution in [0.3, 0.4) is 0 Å². The summed E-state index contributed by atoms with van der Waals surface area (Å²) in [5.74, 6) is 1.19. The van der Waals surface area contributed by atoms with Gasteiger partial charge in [-0.15, -0.1) is 0 Å². The molecule has 2 aromatic rings. The zero-order chi connectivity index (χ0) is 31.1. The average molecular weight is 635 g/mol. The molecule has 1 aromatic heterocycles. The zero-order valence-corrected chi connectivity index (χ0v) is 26.1. The number of piperazine rings is 1. The van der Waals surface area contributed by atoms with Gasteiger partial charge in [0.05, 0.1) is 32.0 Å². The standard InChI is InChI=1S/C28H37Cl2N9O4/c1-17(40)34-20-13-18(39-11-9-38(8-7-31)10-12-39)5-6-19(20)35-23-15-24(33-16-32-23)37(2)28(41)36-27-25(29)21(42-3)14-22(43-4)26(27)30/h5-6,13-16,19-20H,7-12,31H2,1-4H3,(H,34,40)(H,36,41)(H,32,33,35). The second-order valence-electron chi connectivity index (χ2n) is 10.00. The number of urea groups is 1. The smallest absolute Gasteiger partial charge is 0.327 e. The highest BCUT2D eigenvalue weighted by molar-refractivity contribution is 6.41. The Kier molecular flexibility index (Phi) is 10.9. The van der Waals surface area contributed by atoms with Crippen LogP contribution >= 0.6 is 23.2 Å². The van der Waals surface area contributed by atoms with Crippen molar-refractivity contribution in [2.24, 2.45) is 5.73 Å². The zero-order valence-electron chi connectivity index (χ0n) is 24.6. The van der Waals surface area contributed by atoms with Crippen molar-refractivity contribution in [1.82, 2.24) is 25.1 Å². The van der Waals surface area contributed by atoms with Crippen molar-refractivity contribution < 1.29 is 19.1 Å². The average Bonchev–Trinajstić information content (AvgIpc) is 3.00. The highest BCUT2D eigenvalue weighted by Crippen LogP contribution is 2.44. The fraction of sp³-hybridized carbons (Fsp3) is 0.429. The summed E-state index contributed by atoms with van der Waals surface area (Å²) in [4.78, 5) is 39.8. The number of amides is 3. The van der Waals surface area contributed by atoms with Crippen molar-refractivity contribution in [3.8, 4) is 11.5 Å². The van der Waals surface area contributed by atoms with E-state index in [2.05, 4.69) is 41.8 Å². The molecule has 43 heavy (non-hydrogen) atoms. The van der Waals surface area contributed by atoms with E-state index in [1.54, 1.807) is 13.1 Å². The van der Waals surface area contributed by atoms with Crippen LogP contribution in [0.2, 0.25) is 10.0 Å². The number of ether oxygens (including phenoxy) is 2. The molecule has 2 aliphatic rings. The van der Waals surface area contributed by atoms with E-state index in [0.717, 1.165) is 38.4 Å². The Bertz CT molecular complexity index is 1350. The molecule has 0 radical (unpaired) electrons. The number of rotatable bonds is 10. The Morgan fingerprint density at radius 2 is 1.74 bits per heavy atom. The number of anilines is 3. The molecular formula is C28H37Cl2N9O4. The molecular weight excluding hydrogens is 597 g/mol. The van der Waals surface area contributed by atoms with E-state index in [4.69, 9.17) is 38.4 Å². The molecule has 3 amide bonds. The number of methoxy groups -OCH3 is 2. The molecule has 5 N–H and O–H groups in total. The van der Waals surface area contributed by atoms with Crippen molar-refractivity contribution >= 4 is 52.5 Å². The monoisotopic (exact) mass is 633 g/mol. The number of nitrogens with two attached hydrogens (primary N) is 1. The fourth-order valence-electron chi connectivity index (χ4n) is 4.86. The Labute approximate surface area is 261 Å². The van der Waals surface area contributed by atoms with Gasteiger partial charge in [0, 0.05) is 71.1 Å². The number of nitrogens with zero attached hydrogens (tertiary/aromatic N) is 5. The van der Waals surface area contributed by atoms with Gasteiger partial charge in [0.25, 0.3) is 0 Å². The molecule has 13 nitrogen and oxygen atoms in total. The lowest BCUT2D eigenvalue weighted by Gasteiger charge is -2.38. The minimum atomic E-state index is -0.559. The molecule has 4 rings (SSSR count). The van der Waals surface area contributed by atoms with Gasteiger partial charge in [0.1, 0.15) is 39.5 Å². The van der Waals surface area contributed by atoms with Crippen molar-refractivity contribution in [2.75, 3.05) is 76.1 Å². The molecule has 15 heteroatoms. The fourth-order valence-corrected chi connectivity index (χ4v) is 5.46. The number of hydrogen-bond acceptors (Lipinski definition) is 10. The largest absolute Gasteiger partial charge is 0.495 e. The first kappa shape index (κ1) is 32.1. The molecule has 2 heterocycles. The van der Waals surface area contributed by atoms with Crippen LogP contribution in [-0.4, -0.2) is 104 Å². The molecule has 2 atom stereocenters. The molecule has 1 saturated heterocycles. The maximum Gasteiger partial charge on any atom is 0.327 e. The van der Waals surface area contributed by atoms with Gasteiger partial charge >= 0.3 is 6.03 Å². The Balaban J connectivity index is 1.47. The van der Waals surface area contributed by atoms with Crippen LogP contribution in [0.5, 0.6) is 11.5 Å². The highest BCUT2D eigenvalue weighted by atomic mass is 35.5. The van der Waals surface area contributed by atoms with Crippen molar-refractivity contribution in [1.29, 1.82) is 0 Å². The lowest BCUT2D eigenvalue weighted by molar-refractivity contribution is -0.119. The molecule has 1 aliphatic heterocycles. The number of carbonyl (C=O) groups is 2. The van der Waals surface area contributed by atoms with E-state index in [-0.39, 0.29) is 45.2 Å². The van der Waals surface area contributed by atoms with Gasteiger partial charge in [0.15, 0.2) is 0 Å². The SMILES string of the molecule is COc1cc(OC)c(Cl)c(NC(=O)N(C)c2cc(NC3C=CC(N4CCN(CCN)CC4)=CC3NC(C)=O)ncn2)c1Cl. The number of aromatic nitrogens is 2. The maximum absolute atomic E-state index is 13.2. The molecule has 232 valence electrons. The summed E-state index contributed by atoms with van der Waals surface area (Å²) in [6, 6.07) is 1.98. The number of hydrogen-bond donors (Lipinski definition) is 4. The van der Waals surface area contributed by atoms with E-state index >= 15 is 0 Å². The van der Waals surface area contributed by atoms with E-state index in [9.17, 15) is 9.59 Å². The number of benzene rings is 1. The van der Waals surface area contributed by atoms with E-state index in [1.807, 2.05) is 12.2 Å². The van der Waals surface area contributed by atoms with Crippen LogP contribution in [0.15, 0.2) is 42.4 Å². The molecule has 0 saturated carbocycles. The first-order chi connectivity index (χ1) is 20.6. The molecule has 1 aromatic carbocycles. The van der Waals surface area contributed by atoms with Gasteiger partial charge in [-0.25, -0.2) is 14.8 Å². The third-order valence-corrected chi connectivity index (χ3v) is 7.94. The summed E-state index contributed by atoms with van der Waals surface area (Å²) < 4.78 is 10.6. The first-order valence-corrected chi connectivity index (χ1v) is 14.5. The molecule has 2 unspecified atom stereocenters. The Hall–Kier alpha value is -3.78. The Morgan fingerprint density at radius 3 is 2.35 bits per heavy atom. The van der Waals surface area contributed by atoms with E-state index in [1.165, 1.54) is 38.4 Å². The summed E-state index contributed by atoms with van der Waals surface area (Å²) >= 11 is 12.8. The second-order valence-corrected chi connectivity index (χ2v) is 10.8. The minimum absolute atomic E-state index is 0.123. The summed E-state index contributed by atoms with van der Waals surface area (Å²) in [7, 11) is 4.44. The van der Waals surface area contributed by atoms with Gasteiger partial charge in [-0.1, -0.05) is 29.3 Å². The van der Waals surface area contributed by atoms with Crippen LogP contribution in [0.1, 0.15) is 6.92 Å². The molecule has 1 aliphatic carbocycles. The van der Waals surface area contributed by atoms with Crippen LogP contribution in [0, 0.1) is 0 Å². The van der Waals surface area contributed by atoms with Crippen LogP contribution in [0.25, 0.3) is 0 Å². The summed E-state index contributed by atoms with van der Waals surface area (Å²) in [5.41, 5.74) is 6.90. The van der Waals surface area contributed by atoms with Gasteiger partial charge in [0.2, 0.25) is 5.91 Å². The molecule has 1 fully saturated rings. The summed E-state index contributed by atoms with van der Waals surface area (Å²) in [6.07, 6.45) is 7.44. The van der Waals surface area contributed by atoms with Crippen molar-refractivity contribution in [2.45, 2.75) is 19.0 Å². The predicted molar refractivity (Wildman–Crippen MR) is 168 cm³/mol. The number of carbonyl (C=O) groups excluding carboxylic acids is 2. The van der Waals surface area contributed by atoms with Crippen molar-refractivity contribution in [3.63, 3.8) is 0 Å². The molecule has 0 bridgehead atoms. The maximum atomic E-state index is 13.2. The van der Waals surface area contributed by atoms with Gasteiger partial charge in [-0.05, 0) is 12.2 Å². The quantitative estimate of drug-likeness (QED) is 0.307. The number of nitrogens with one attached hydrogen (secondary N) is 3. The van der Waals surface area contributed by atoms with Crippen molar-refractivity contribution in [3.05, 3.63) is 52.4 Å². The van der Waals surface area contributed by atoms with Crippen LogP contribution in [0.4, 0.5) is 22.1 Å². The van der Waals surface area contributed by atoms with E-state index < -0.39 is 6.03 Å². The topological polar surface area (TPSA) is 150 Å². The second kappa shape index (κ2) is 14.6. The third kappa shape index (κ3) is 7.79. The normalized spacial score (nSPS) is 18.5. The predicted octanol–water partition coefficient (Wildman–Crippen LogP) is 2.78. The van der Waals surface area contributed by atoms with Gasteiger partial charge < -0.3 is 36.1 Å². The Morgan fingerprint density at radius 1 is 1.07 bits per heavy atom.